The van der Waals surface area contributed by atoms with Gasteiger partial charge in [0.25, 0.3) is 11.8 Å². The Morgan fingerprint density at radius 1 is 0.396 bits per heavy atom. The first-order valence-corrected chi connectivity index (χ1v) is 15.9. The van der Waals surface area contributed by atoms with Crippen LogP contribution in [0.2, 0.25) is 0 Å². The monoisotopic (exact) mass is 632 g/mol. The lowest BCUT2D eigenvalue weighted by molar-refractivity contribution is 0.0938. The largest absolute Gasteiger partial charge is 0.488 e. The minimum absolute atomic E-state index is 0.174. The third kappa shape index (κ3) is 8.56. The van der Waals surface area contributed by atoms with Crippen LogP contribution < -0.4 is 20.1 Å². The lowest BCUT2D eigenvalue weighted by Gasteiger charge is -2.13. The van der Waals surface area contributed by atoms with Crippen molar-refractivity contribution in [2.75, 3.05) is 0 Å². The summed E-state index contributed by atoms with van der Waals surface area (Å²) in [6, 6.07) is 50.6. The minimum atomic E-state index is -0.174. The molecule has 0 fully saturated rings. The van der Waals surface area contributed by atoms with Crippen LogP contribution in [0.25, 0.3) is 11.1 Å². The van der Waals surface area contributed by atoms with Gasteiger partial charge in [0.1, 0.15) is 24.7 Å². The lowest BCUT2D eigenvalue weighted by atomic mass is 10.0. The first kappa shape index (κ1) is 31.8. The second-order valence-electron chi connectivity index (χ2n) is 11.3. The van der Waals surface area contributed by atoms with Crippen molar-refractivity contribution in [3.05, 3.63) is 191 Å². The molecule has 0 atom stereocenters. The van der Waals surface area contributed by atoms with Crippen LogP contribution in [0.1, 0.15) is 43.0 Å². The van der Waals surface area contributed by atoms with Gasteiger partial charge >= 0.3 is 0 Å². The van der Waals surface area contributed by atoms with Crippen molar-refractivity contribution in [3.63, 3.8) is 0 Å². The second kappa shape index (κ2) is 15.9. The Morgan fingerprint density at radius 3 is 1.15 bits per heavy atom. The fraction of sp³-hybridized carbons (Fsp3) is 0.0952. The Kier molecular flexibility index (Phi) is 10.6. The van der Waals surface area contributed by atoms with E-state index in [9.17, 15) is 9.59 Å². The summed E-state index contributed by atoms with van der Waals surface area (Å²) in [7, 11) is 0. The Labute approximate surface area is 281 Å². The predicted molar refractivity (Wildman–Crippen MR) is 189 cm³/mol. The highest BCUT2D eigenvalue weighted by Crippen LogP contribution is 2.24. The molecule has 6 heteroatoms. The lowest BCUT2D eigenvalue weighted by Crippen LogP contribution is -2.23. The molecule has 0 radical (unpaired) electrons. The molecule has 0 saturated carbocycles. The molecule has 0 aliphatic carbocycles. The van der Waals surface area contributed by atoms with E-state index in [2.05, 4.69) is 34.9 Å². The van der Waals surface area contributed by atoms with Gasteiger partial charge in [-0.1, -0.05) is 133 Å². The molecular formula is C42H36N2O4. The zero-order chi connectivity index (χ0) is 33.0. The molecule has 0 aliphatic rings. The molecule has 2 N–H and O–H groups in total. The molecule has 0 aromatic heterocycles. The summed E-state index contributed by atoms with van der Waals surface area (Å²) in [5, 5.41) is 5.95. The fourth-order valence-electron chi connectivity index (χ4n) is 5.22. The van der Waals surface area contributed by atoms with Crippen LogP contribution >= 0.6 is 0 Å². The summed E-state index contributed by atoms with van der Waals surface area (Å²) < 4.78 is 12.2. The zero-order valence-corrected chi connectivity index (χ0v) is 26.5. The molecule has 0 heterocycles. The number of rotatable bonds is 13. The maximum Gasteiger partial charge on any atom is 0.255 e. The van der Waals surface area contributed by atoms with Crippen molar-refractivity contribution >= 4 is 11.8 Å². The average Bonchev–Trinajstić information content (AvgIpc) is 3.16. The molecule has 0 unspecified atom stereocenters. The second-order valence-corrected chi connectivity index (χ2v) is 11.3. The maximum atomic E-state index is 12.9. The summed E-state index contributed by atoms with van der Waals surface area (Å²) >= 11 is 0. The van der Waals surface area contributed by atoms with Crippen LogP contribution in [0.15, 0.2) is 158 Å². The van der Waals surface area contributed by atoms with E-state index in [-0.39, 0.29) is 11.8 Å². The molecule has 0 aliphatic heterocycles. The van der Waals surface area contributed by atoms with E-state index in [1.165, 1.54) is 0 Å². The van der Waals surface area contributed by atoms with Crippen molar-refractivity contribution in [2.24, 2.45) is 0 Å². The maximum absolute atomic E-state index is 12.9. The Balaban J connectivity index is 1.01. The van der Waals surface area contributed by atoms with Gasteiger partial charge in [-0.3, -0.25) is 9.59 Å². The predicted octanol–water partition coefficient (Wildman–Crippen LogP) is 8.37. The zero-order valence-electron chi connectivity index (χ0n) is 26.5. The van der Waals surface area contributed by atoms with Crippen LogP contribution in [0.4, 0.5) is 0 Å². The third-order valence-electron chi connectivity index (χ3n) is 7.89. The third-order valence-corrected chi connectivity index (χ3v) is 7.89. The molecule has 6 rings (SSSR count). The van der Waals surface area contributed by atoms with Crippen molar-refractivity contribution in [2.45, 2.75) is 26.3 Å². The number of hydrogen-bond donors (Lipinski definition) is 2. The van der Waals surface area contributed by atoms with E-state index in [1.807, 2.05) is 121 Å². The van der Waals surface area contributed by atoms with Gasteiger partial charge in [0.15, 0.2) is 0 Å². The first-order chi connectivity index (χ1) is 23.6. The van der Waals surface area contributed by atoms with Gasteiger partial charge in [0, 0.05) is 13.1 Å². The van der Waals surface area contributed by atoms with E-state index in [4.69, 9.17) is 9.47 Å². The normalized spacial score (nSPS) is 10.6. The highest BCUT2D eigenvalue weighted by molar-refractivity contribution is 5.97. The summed E-state index contributed by atoms with van der Waals surface area (Å²) in [5.41, 5.74) is 7.22. The highest BCUT2D eigenvalue weighted by atomic mass is 16.5. The number of amides is 2. The van der Waals surface area contributed by atoms with E-state index >= 15 is 0 Å². The standard InChI is InChI=1S/C42H36N2O4/c45-41(43-27-31-11-3-1-4-12-31)37-15-7-9-17-39(37)47-29-33-19-23-35(24-20-33)36-25-21-34(22-26-36)30-48-40-18-10-8-16-38(40)42(46)44-28-32-13-5-2-6-14-32/h1-26H,27-30H2,(H,43,45)(H,44,46). The summed E-state index contributed by atoms with van der Waals surface area (Å²) in [6.07, 6.45) is 0. The van der Waals surface area contributed by atoms with Crippen molar-refractivity contribution in [1.29, 1.82) is 0 Å². The fourth-order valence-corrected chi connectivity index (χ4v) is 5.22. The topological polar surface area (TPSA) is 76.7 Å². The van der Waals surface area contributed by atoms with Crippen molar-refractivity contribution in [1.82, 2.24) is 10.6 Å². The molecule has 2 amide bonds. The minimum Gasteiger partial charge on any atom is -0.488 e. The summed E-state index contributed by atoms with van der Waals surface area (Å²) in [6.45, 7) is 1.58. The van der Waals surface area contributed by atoms with Gasteiger partial charge in [-0.2, -0.15) is 0 Å². The SMILES string of the molecule is O=C(NCc1ccccc1)c1ccccc1OCc1ccc(-c2ccc(COc3ccccc3C(=O)NCc3ccccc3)cc2)cc1. The Morgan fingerprint density at radius 2 is 0.750 bits per heavy atom. The molecule has 6 aromatic rings. The van der Waals surface area contributed by atoms with Crippen LogP contribution in [0.5, 0.6) is 11.5 Å². The molecule has 6 aromatic carbocycles. The Hall–Kier alpha value is -6.14. The Bertz CT molecular complexity index is 1800. The number of carbonyl (C=O) groups excluding carboxylic acids is 2. The van der Waals surface area contributed by atoms with E-state index < -0.39 is 0 Å². The number of ether oxygens (including phenoxy) is 2. The van der Waals surface area contributed by atoms with Gasteiger partial charge in [0.2, 0.25) is 0 Å². The number of nitrogens with one attached hydrogen (secondary N) is 2. The molecule has 0 saturated heterocycles. The molecular weight excluding hydrogens is 596 g/mol. The summed E-state index contributed by atoms with van der Waals surface area (Å²) in [4.78, 5) is 25.8. The van der Waals surface area contributed by atoms with E-state index in [1.54, 1.807) is 12.1 Å². The molecule has 48 heavy (non-hydrogen) atoms. The molecule has 0 spiro atoms. The van der Waals surface area contributed by atoms with E-state index in [0.29, 0.717) is 48.9 Å². The smallest absolute Gasteiger partial charge is 0.255 e. The van der Waals surface area contributed by atoms with Crippen molar-refractivity contribution < 1.29 is 19.1 Å². The quantitative estimate of drug-likeness (QED) is 0.134. The summed E-state index contributed by atoms with van der Waals surface area (Å²) in [5.74, 6) is 0.736. The molecule has 0 bridgehead atoms. The van der Waals surface area contributed by atoms with Gasteiger partial charge in [-0.05, 0) is 57.6 Å². The number of hydrogen-bond acceptors (Lipinski definition) is 4. The highest BCUT2D eigenvalue weighted by Gasteiger charge is 2.14. The first-order valence-electron chi connectivity index (χ1n) is 15.9. The number of benzene rings is 6. The van der Waals surface area contributed by atoms with Gasteiger partial charge in [0.05, 0.1) is 11.1 Å². The van der Waals surface area contributed by atoms with Crippen LogP contribution in [0, 0.1) is 0 Å². The van der Waals surface area contributed by atoms with Crippen LogP contribution in [-0.4, -0.2) is 11.8 Å². The van der Waals surface area contributed by atoms with Gasteiger partial charge in [-0.25, -0.2) is 0 Å². The van der Waals surface area contributed by atoms with Gasteiger partial charge in [-0.15, -0.1) is 0 Å². The molecule has 238 valence electrons. The average molecular weight is 633 g/mol. The van der Waals surface area contributed by atoms with Crippen LogP contribution in [0.3, 0.4) is 0 Å². The number of carbonyl (C=O) groups is 2. The molecule has 6 nitrogen and oxygen atoms in total. The van der Waals surface area contributed by atoms with E-state index in [0.717, 1.165) is 33.4 Å². The van der Waals surface area contributed by atoms with Crippen LogP contribution in [-0.2, 0) is 26.3 Å². The van der Waals surface area contributed by atoms with Crippen molar-refractivity contribution in [3.8, 4) is 22.6 Å². The van der Waals surface area contributed by atoms with Gasteiger partial charge < -0.3 is 20.1 Å². The number of para-hydroxylation sites is 2.